The number of benzene rings is 2. The van der Waals surface area contributed by atoms with Crippen molar-refractivity contribution in [1.82, 2.24) is 9.78 Å². The number of aryl methyl sites for hydroxylation is 2. The molecule has 0 amide bonds. The molecule has 1 heterocycles. The molecule has 0 fully saturated rings. The van der Waals surface area contributed by atoms with Crippen LogP contribution >= 0.6 is 11.6 Å². The lowest BCUT2D eigenvalue weighted by molar-refractivity contribution is 0.835. The molecule has 1 aromatic heterocycles. The molecular weight excluding hydrogens is 324 g/mol. The summed E-state index contributed by atoms with van der Waals surface area (Å²) in [5.74, 6) is 0. The van der Waals surface area contributed by atoms with Gasteiger partial charge in [-0.1, -0.05) is 29.8 Å². The quantitative estimate of drug-likeness (QED) is 0.559. The minimum absolute atomic E-state index is 0.176. The lowest BCUT2D eigenvalue weighted by atomic mass is 10.2. The van der Waals surface area contributed by atoms with Gasteiger partial charge in [0.15, 0.2) is 0 Å². The van der Waals surface area contributed by atoms with Crippen LogP contribution < -0.4 is 11.0 Å². The van der Waals surface area contributed by atoms with Crippen molar-refractivity contribution in [3.8, 4) is 5.69 Å². The van der Waals surface area contributed by atoms with E-state index in [0.29, 0.717) is 16.3 Å². The summed E-state index contributed by atoms with van der Waals surface area (Å²) < 4.78 is 1.45. The highest BCUT2D eigenvalue weighted by atomic mass is 35.5. The van der Waals surface area contributed by atoms with Crippen molar-refractivity contribution in [3.05, 3.63) is 80.7 Å². The zero-order valence-corrected chi connectivity index (χ0v) is 14.1. The minimum atomic E-state index is -0.176. The normalized spacial score (nSPS) is 11.1. The number of nitrogens with one attached hydrogen (secondary N) is 2. The molecule has 24 heavy (non-hydrogen) atoms. The van der Waals surface area contributed by atoms with Gasteiger partial charge in [-0.3, -0.25) is 15.3 Å². The van der Waals surface area contributed by atoms with Gasteiger partial charge >= 0.3 is 0 Å². The van der Waals surface area contributed by atoms with Crippen molar-refractivity contribution >= 4 is 23.5 Å². The number of rotatable bonds is 4. The van der Waals surface area contributed by atoms with Gasteiger partial charge in [0.2, 0.25) is 0 Å². The van der Waals surface area contributed by atoms with Gasteiger partial charge in [-0.2, -0.15) is 5.10 Å². The number of hydrogen-bond acceptors (Lipinski definition) is 3. The number of aromatic amines is 1. The van der Waals surface area contributed by atoms with Gasteiger partial charge in [0, 0.05) is 10.7 Å². The molecule has 2 aromatic carbocycles. The SMILES string of the molecule is Cc1cccc(N/N=C/c2c(C)[nH]n(-c3cccc(Cl)c3)c2=O)c1. The smallest absolute Gasteiger partial charge is 0.280 e. The molecule has 3 rings (SSSR count). The lowest BCUT2D eigenvalue weighted by Crippen LogP contribution is -2.17. The van der Waals surface area contributed by atoms with E-state index in [1.54, 1.807) is 18.2 Å². The van der Waals surface area contributed by atoms with Crippen molar-refractivity contribution in [3.63, 3.8) is 0 Å². The van der Waals surface area contributed by atoms with Gasteiger partial charge in [0.1, 0.15) is 0 Å². The van der Waals surface area contributed by atoms with Crippen molar-refractivity contribution in [2.75, 3.05) is 5.43 Å². The Morgan fingerprint density at radius 3 is 2.71 bits per heavy atom. The summed E-state index contributed by atoms with van der Waals surface area (Å²) in [6.45, 7) is 3.84. The standard InChI is InChI=1S/C18H17ClN4O/c1-12-5-3-7-15(9-12)21-20-11-17-13(2)22-23(18(17)24)16-8-4-6-14(19)10-16/h3-11,21-22H,1-2H3/b20-11+. The second-order valence-corrected chi connectivity index (χ2v) is 5.95. The third-order valence-electron chi connectivity index (χ3n) is 3.59. The van der Waals surface area contributed by atoms with E-state index in [1.807, 2.05) is 44.2 Å². The highest BCUT2D eigenvalue weighted by Gasteiger charge is 2.10. The Hall–Kier alpha value is -2.79. The number of hydrazone groups is 1. The first-order chi connectivity index (χ1) is 11.5. The van der Waals surface area contributed by atoms with Gasteiger partial charge in [-0.05, 0) is 49.7 Å². The van der Waals surface area contributed by atoms with E-state index in [-0.39, 0.29) is 5.56 Å². The number of anilines is 1. The fourth-order valence-electron chi connectivity index (χ4n) is 2.39. The maximum atomic E-state index is 12.6. The second-order valence-electron chi connectivity index (χ2n) is 5.51. The summed E-state index contributed by atoms with van der Waals surface area (Å²) in [6, 6.07) is 15.0. The molecule has 2 N–H and O–H groups in total. The van der Waals surface area contributed by atoms with E-state index in [0.717, 1.165) is 16.9 Å². The van der Waals surface area contributed by atoms with Crippen molar-refractivity contribution in [2.24, 2.45) is 5.10 Å². The number of halogens is 1. The Morgan fingerprint density at radius 2 is 1.96 bits per heavy atom. The molecule has 0 spiro atoms. The van der Waals surface area contributed by atoms with Crippen LogP contribution in [-0.4, -0.2) is 16.0 Å². The molecule has 5 nitrogen and oxygen atoms in total. The molecule has 0 aliphatic heterocycles. The molecule has 0 atom stereocenters. The Morgan fingerprint density at radius 1 is 1.17 bits per heavy atom. The highest BCUT2D eigenvalue weighted by Crippen LogP contribution is 2.13. The first kappa shape index (κ1) is 16.1. The molecule has 0 saturated carbocycles. The number of nitrogens with zero attached hydrogens (tertiary/aromatic N) is 2. The predicted molar refractivity (Wildman–Crippen MR) is 98.5 cm³/mol. The third-order valence-corrected chi connectivity index (χ3v) is 3.82. The van der Waals surface area contributed by atoms with Crippen LogP contribution in [0, 0.1) is 13.8 Å². The van der Waals surface area contributed by atoms with E-state index >= 15 is 0 Å². The number of aromatic nitrogens is 2. The van der Waals surface area contributed by atoms with Crippen LogP contribution in [0.1, 0.15) is 16.8 Å². The summed E-state index contributed by atoms with van der Waals surface area (Å²) in [7, 11) is 0. The van der Waals surface area contributed by atoms with Crippen LogP contribution in [-0.2, 0) is 0 Å². The Kier molecular flexibility index (Phi) is 4.53. The van der Waals surface area contributed by atoms with Gasteiger partial charge < -0.3 is 0 Å². The molecule has 0 aliphatic rings. The number of hydrogen-bond donors (Lipinski definition) is 2. The van der Waals surface area contributed by atoms with Gasteiger partial charge in [-0.25, -0.2) is 4.68 Å². The molecule has 0 aliphatic carbocycles. The monoisotopic (exact) mass is 340 g/mol. The molecule has 6 heteroatoms. The Labute approximate surface area is 144 Å². The average Bonchev–Trinajstić information content (AvgIpc) is 2.83. The van der Waals surface area contributed by atoms with E-state index < -0.39 is 0 Å². The van der Waals surface area contributed by atoms with E-state index in [1.165, 1.54) is 10.9 Å². The van der Waals surface area contributed by atoms with Crippen LogP contribution in [0.15, 0.2) is 58.4 Å². The zero-order chi connectivity index (χ0) is 17.1. The number of H-pyrrole nitrogens is 1. The fourth-order valence-corrected chi connectivity index (χ4v) is 2.58. The van der Waals surface area contributed by atoms with Crippen LogP contribution in [0.25, 0.3) is 5.69 Å². The summed E-state index contributed by atoms with van der Waals surface area (Å²) in [5, 5.41) is 7.78. The van der Waals surface area contributed by atoms with Gasteiger partial charge in [0.05, 0.1) is 23.2 Å². The maximum Gasteiger partial charge on any atom is 0.280 e. The minimum Gasteiger partial charge on any atom is -0.295 e. The largest absolute Gasteiger partial charge is 0.295 e. The summed E-state index contributed by atoms with van der Waals surface area (Å²) in [6.07, 6.45) is 1.53. The molecule has 3 aromatic rings. The van der Waals surface area contributed by atoms with Crippen molar-refractivity contribution < 1.29 is 0 Å². The summed E-state index contributed by atoms with van der Waals surface area (Å²) >= 11 is 5.99. The van der Waals surface area contributed by atoms with Crippen molar-refractivity contribution in [1.29, 1.82) is 0 Å². The Balaban J connectivity index is 1.87. The molecular formula is C18H17ClN4O. The van der Waals surface area contributed by atoms with Crippen molar-refractivity contribution in [2.45, 2.75) is 13.8 Å². The Bertz CT molecular complexity index is 956. The average molecular weight is 341 g/mol. The van der Waals surface area contributed by atoms with Crippen LogP contribution in [0.3, 0.4) is 0 Å². The maximum absolute atomic E-state index is 12.6. The summed E-state index contributed by atoms with van der Waals surface area (Å²) in [5.41, 5.74) is 6.67. The van der Waals surface area contributed by atoms with E-state index in [2.05, 4.69) is 15.6 Å². The molecule has 0 bridgehead atoms. The second kappa shape index (κ2) is 6.76. The molecule has 0 unspecified atom stereocenters. The summed E-state index contributed by atoms with van der Waals surface area (Å²) in [4.78, 5) is 12.6. The van der Waals surface area contributed by atoms with Gasteiger partial charge in [-0.15, -0.1) is 0 Å². The fraction of sp³-hybridized carbons (Fsp3) is 0.111. The van der Waals surface area contributed by atoms with Crippen LogP contribution in [0.4, 0.5) is 5.69 Å². The zero-order valence-electron chi connectivity index (χ0n) is 13.4. The first-order valence-electron chi connectivity index (χ1n) is 7.48. The molecule has 0 saturated heterocycles. The van der Waals surface area contributed by atoms with Gasteiger partial charge in [0.25, 0.3) is 5.56 Å². The van der Waals surface area contributed by atoms with E-state index in [4.69, 9.17) is 11.6 Å². The highest BCUT2D eigenvalue weighted by molar-refractivity contribution is 6.30. The first-order valence-corrected chi connectivity index (χ1v) is 7.86. The third kappa shape index (κ3) is 3.41. The molecule has 0 radical (unpaired) electrons. The van der Waals surface area contributed by atoms with Crippen LogP contribution in [0.5, 0.6) is 0 Å². The van der Waals surface area contributed by atoms with Crippen LogP contribution in [0.2, 0.25) is 5.02 Å². The van der Waals surface area contributed by atoms with E-state index in [9.17, 15) is 4.79 Å². The topological polar surface area (TPSA) is 62.2 Å². The molecule has 122 valence electrons. The lowest BCUT2D eigenvalue weighted by Gasteiger charge is -2.01. The predicted octanol–water partition coefficient (Wildman–Crippen LogP) is 3.88.